The highest BCUT2D eigenvalue weighted by atomic mass is 32.3. The standard InChI is InChI=1S/C12H14N2.2C2F6NO4S2/c1-13-7-3-11(4-8-13)12-5-9-14(2)10-6-12;2*3-1(4,5)14(10,11)9-15(12,13)2(6,7)8/h3-10H,1-2H3;;/q+2;2*-1. The minimum absolute atomic E-state index is 0.778. The smallest absolute Gasteiger partial charge is 0.421 e. The highest BCUT2D eigenvalue weighted by Gasteiger charge is 2.48. The SMILES string of the molecule is C[n+]1ccc(-c2cc[n+](C)cc2)cc1.O=S(=O)([N-]S(=O)(=O)C(F)(F)F)C(F)(F)F.O=S(=O)([N-]S(=O)(=O)C(F)(F)F)C(F)(F)F. The molecule has 0 saturated heterocycles. The van der Waals surface area contributed by atoms with Gasteiger partial charge in [-0.15, -0.1) is 0 Å². The lowest BCUT2D eigenvalue weighted by molar-refractivity contribution is -0.671. The van der Waals surface area contributed by atoms with E-state index >= 15 is 0 Å². The number of aromatic nitrogens is 2. The largest absolute Gasteiger partial charge is 0.480 e. The predicted octanol–water partition coefficient (Wildman–Crippen LogP) is 3.12. The van der Waals surface area contributed by atoms with Crippen molar-refractivity contribution < 1.29 is 95.5 Å². The van der Waals surface area contributed by atoms with E-state index in [0.29, 0.717) is 0 Å². The molecule has 0 saturated carbocycles. The second-order valence-corrected chi connectivity index (χ2v) is 14.2. The molecule has 0 N–H and O–H groups in total. The van der Waals surface area contributed by atoms with Crippen molar-refractivity contribution in [3.05, 3.63) is 57.3 Å². The lowest BCUT2D eigenvalue weighted by atomic mass is 10.1. The van der Waals surface area contributed by atoms with Crippen LogP contribution >= 0.6 is 0 Å². The summed E-state index contributed by atoms with van der Waals surface area (Å²) < 4.78 is 222. The third-order valence-corrected chi connectivity index (χ3v) is 9.33. The average molecular weight is 747 g/mol. The summed E-state index contributed by atoms with van der Waals surface area (Å²) in [6.07, 6.45) is 8.23. The molecule has 0 bridgehead atoms. The van der Waals surface area contributed by atoms with E-state index in [1.807, 2.05) is 23.2 Å². The molecule has 0 aliphatic rings. The average Bonchev–Trinajstić information content (AvgIpc) is 2.77. The summed E-state index contributed by atoms with van der Waals surface area (Å²) in [5.74, 6) is 0. The highest BCUT2D eigenvalue weighted by Crippen LogP contribution is 2.37. The lowest BCUT2D eigenvalue weighted by Gasteiger charge is -2.22. The van der Waals surface area contributed by atoms with E-state index in [4.69, 9.17) is 0 Å². The fraction of sp³-hybridized carbons (Fsp3) is 0.375. The molecule has 0 aliphatic heterocycles. The lowest BCUT2D eigenvalue weighted by Crippen LogP contribution is -2.30. The van der Waals surface area contributed by atoms with E-state index in [0.717, 1.165) is 8.25 Å². The van der Waals surface area contributed by atoms with Gasteiger partial charge in [-0.2, -0.15) is 52.7 Å². The summed E-state index contributed by atoms with van der Waals surface area (Å²) in [6.45, 7) is 0. The fourth-order valence-electron chi connectivity index (χ4n) is 1.81. The van der Waals surface area contributed by atoms with Crippen LogP contribution in [0.4, 0.5) is 52.7 Å². The Kier molecular flexibility index (Phi) is 12.8. The van der Waals surface area contributed by atoms with Gasteiger partial charge in [0.05, 0.1) is 0 Å². The number of nitrogens with zero attached hydrogens (tertiary/aromatic N) is 4. The van der Waals surface area contributed by atoms with Crippen LogP contribution in [0.3, 0.4) is 0 Å². The van der Waals surface area contributed by atoms with Gasteiger partial charge in [-0.1, -0.05) is 0 Å². The van der Waals surface area contributed by atoms with E-state index in [1.165, 1.54) is 11.1 Å². The molecule has 0 amide bonds. The van der Waals surface area contributed by atoms with Gasteiger partial charge in [0.15, 0.2) is 64.9 Å². The van der Waals surface area contributed by atoms with Gasteiger partial charge in [-0.3, -0.25) is 0 Å². The van der Waals surface area contributed by atoms with Crippen molar-refractivity contribution in [2.24, 2.45) is 14.1 Å². The molecule has 0 radical (unpaired) electrons. The molecule has 0 unspecified atom stereocenters. The Labute approximate surface area is 240 Å². The maximum atomic E-state index is 11.4. The minimum Gasteiger partial charge on any atom is -0.421 e. The molecule has 12 nitrogen and oxygen atoms in total. The molecule has 0 aromatic carbocycles. The van der Waals surface area contributed by atoms with Crippen LogP contribution in [0.5, 0.6) is 0 Å². The number of halogens is 12. The van der Waals surface area contributed by atoms with E-state index in [1.54, 1.807) is 0 Å². The third-order valence-electron chi connectivity index (χ3n) is 3.85. The highest BCUT2D eigenvalue weighted by molar-refractivity contribution is 8.13. The Morgan fingerprint density at radius 3 is 0.727 bits per heavy atom. The zero-order chi connectivity index (χ0) is 35.4. The molecule has 2 rings (SSSR count). The van der Waals surface area contributed by atoms with Crippen LogP contribution in [0.25, 0.3) is 19.4 Å². The summed E-state index contributed by atoms with van der Waals surface area (Å²) >= 11 is 0. The molecule has 0 fully saturated rings. The van der Waals surface area contributed by atoms with Gasteiger partial charge in [-0.05, 0) is 11.1 Å². The summed E-state index contributed by atoms with van der Waals surface area (Å²) in [4.78, 5) is 0. The number of rotatable bonds is 5. The van der Waals surface area contributed by atoms with Crippen LogP contribution in [0, 0.1) is 0 Å². The molecular formula is C16H14F12N4O8S4. The van der Waals surface area contributed by atoms with Crippen LogP contribution in [-0.2, 0) is 54.2 Å². The van der Waals surface area contributed by atoms with Gasteiger partial charge in [0.2, 0.25) is 0 Å². The molecule has 2 heterocycles. The number of aryl methyl sites for hydroxylation is 2. The van der Waals surface area contributed by atoms with Crippen molar-refractivity contribution in [3.63, 3.8) is 0 Å². The Balaban J connectivity index is 0.000000630. The van der Waals surface area contributed by atoms with Crippen molar-refractivity contribution >= 4 is 40.1 Å². The van der Waals surface area contributed by atoms with E-state index < -0.39 is 62.1 Å². The van der Waals surface area contributed by atoms with Crippen LogP contribution in [0.1, 0.15) is 0 Å². The predicted molar refractivity (Wildman–Crippen MR) is 121 cm³/mol. The van der Waals surface area contributed by atoms with Crippen LogP contribution in [0.15, 0.2) is 49.1 Å². The Hall–Kier alpha value is -2.82. The zero-order valence-corrected chi connectivity index (χ0v) is 24.1. The molecule has 2 aromatic rings. The second kappa shape index (κ2) is 13.7. The third kappa shape index (κ3) is 11.9. The summed E-state index contributed by atoms with van der Waals surface area (Å²) in [5, 5.41) is 0. The van der Waals surface area contributed by atoms with Crippen molar-refractivity contribution in [1.82, 2.24) is 0 Å². The van der Waals surface area contributed by atoms with Crippen molar-refractivity contribution in [1.29, 1.82) is 0 Å². The molecule has 0 aliphatic carbocycles. The topological polar surface area (TPSA) is 173 Å². The quantitative estimate of drug-likeness (QED) is 0.332. The molecule has 254 valence electrons. The minimum atomic E-state index is -6.72. The Bertz CT molecular complexity index is 1490. The number of sulfonamides is 4. The molecule has 2 aromatic heterocycles. The molecule has 28 heteroatoms. The maximum Gasteiger partial charge on any atom is 0.480 e. The first-order valence-electron chi connectivity index (χ1n) is 9.81. The second-order valence-electron chi connectivity index (χ2n) is 7.34. The van der Waals surface area contributed by atoms with Crippen molar-refractivity contribution in [2.75, 3.05) is 0 Å². The maximum absolute atomic E-state index is 11.4. The van der Waals surface area contributed by atoms with Crippen molar-refractivity contribution in [2.45, 2.75) is 22.0 Å². The normalized spacial score (nSPS) is 13.7. The van der Waals surface area contributed by atoms with Gasteiger partial charge in [0.25, 0.3) is 0 Å². The van der Waals surface area contributed by atoms with Gasteiger partial charge in [-0.25, -0.2) is 42.8 Å². The summed E-state index contributed by atoms with van der Waals surface area (Å²) in [7, 11) is -22.8. The zero-order valence-electron chi connectivity index (χ0n) is 20.8. The van der Waals surface area contributed by atoms with E-state index in [2.05, 4.69) is 49.1 Å². The molecule has 44 heavy (non-hydrogen) atoms. The first kappa shape index (κ1) is 41.2. The summed E-state index contributed by atoms with van der Waals surface area (Å²) in [6, 6.07) is 8.48. The van der Waals surface area contributed by atoms with Crippen molar-refractivity contribution in [3.8, 4) is 11.1 Å². The molecule has 0 spiro atoms. The molecule has 0 atom stereocenters. The van der Waals surface area contributed by atoms with E-state index in [-0.39, 0.29) is 0 Å². The van der Waals surface area contributed by atoms with Crippen LogP contribution in [-0.4, -0.2) is 55.7 Å². The first-order chi connectivity index (χ1) is 19.2. The number of alkyl halides is 12. The number of pyridine rings is 2. The summed E-state index contributed by atoms with van der Waals surface area (Å²) in [5.41, 5.74) is -22.3. The monoisotopic (exact) mass is 746 g/mol. The Morgan fingerprint density at radius 1 is 0.432 bits per heavy atom. The number of hydrogen-bond acceptors (Lipinski definition) is 8. The van der Waals surface area contributed by atoms with Gasteiger partial charge >= 0.3 is 22.0 Å². The van der Waals surface area contributed by atoms with Crippen LogP contribution in [0.2, 0.25) is 0 Å². The van der Waals surface area contributed by atoms with E-state index in [9.17, 15) is 86.4 Å². The molecular weight excluding hydrogens is 732 g/mol. The van der Waals surface area contributed by atoms with Gasteiger partial charge in [0.1, 0.15) is 14.1 Å². The Morgan fingerprint density at radius 2 is 0.591 bits per heavy atom. The first-order valence-corrected chi connectivity index (χ1v) is 15.6. The van der Waals surface area contributed by atoms with Crippen LogP contribution < -0.4 is 9.13 Å². The van der Waals surface area contributed by atoms with Gasteiger partial charge in [0, 0.05) is 24.3 Å². The van der Waals surface area contributed by atoms with Gasteiger partial charge < -0.3 is 8.25 Å². The fourth-order valence-corrected chi connectivity index (χ4v) is 5.23. The number of hydrogen-bond donors (Lipinski definition) is 0.